The number of rotatable bonds is 3. The quantitative estimate of drug-likeness (QED) is 0.677. The van der Waals surface area contributed by atoms with Crippen LogP contribution in [0.2, 0.25) is 0 Å². The second kappa shape index (κ2) is 4.56. The molecule has 0 aliphatic heterocycles. The first-order valence-corrected chi connectivity index (χ1v) is 5.05. The van der Waals surface area contributed by atoms with E-state index < -0.39 is 6.10 Å². The van der Waals surface area contributed by atoms with Gasteiger partial charge in [0.2, 0.25) is 0 Å². The fourth-order valence-electron chi connectivity index (χ4n) is 1.78. The van der Waals surface area contributed by atoms with Gasteiger partial charge in [-0.1, -0.05) is 32.4 Å². The lowest BCUT2D eigenvalue weighted by Crippen LogP contribution is -2.16. The van der Waals surface area contributed by atoms with Crippen LogP contribution in [0.15, 0.2) is 12.2 Å². The molecule has 1 aliphatic carbocycles. The topological polar surface area (TPSA) is 37.3 Å². The molecule has 0 saturated heterocycles. The third-order valence-electron chi connectivity index (χ3n) is 2.75. The molecule has 3 unspecified atom stereocenters. The van der Waals surface area contributed by atoms with Crippen molar-refractivity contribution in [3.05, 3.63) is 12.2 Å². The van der Waals surface area contributed by atoms with E-state index in [1.807, 2.05) is 6.92 Å². The van der Waals surface area contributed by atoms with Gasteiger partial charge in [0.15, 0.2) is 5.78 Å². The van der Waals surface area contributed by atoms with Crippen molar-refractivity contribution in [2.24, 2.45) is 11.8 Å². The first-order valence-electron chi connectivity index (χ1n) is 5.05. The lowest BCUT2D eigenvalue weighted by atomic mass is 9.97. The summed E-state index contributed by atoms with van der Waals surface area (Å²) < 4.78 is 0. The Hall–Kier alpha value is -0.630. The van der Waals surface area contributed by atoms with Gasteiger partial charge in [-0.25, -0.2) is 0 Å². The highest BCUT2D eigenvalue weighted by Gasteiger charge is 2.36. The van der Waals surface area contributed by atoms with Gasteiger partial charge in [0.05, 0.1) is 0 Å². The van der Waals surface area contributed by atoms with Crippen molar-refractivity contribution >= 4 is 5.78 Å². The van der Waals surface area contributed by atoms with E-state index in [1.165, 1.54) is 0 Å². The van der Waals surface area contributed by atoms with Gasteiger partial charge in [0.25, 0.3) is 0 Å². The predicted molar refractivity (Wildman–Crippen MR) is 52.3 cm³/mol. The molecule has 1 rings (SSSR count). The minimum absolute atomic E-state index is 0.00288. The molecule has 2 heteroatoms. The van der Waals surface area contributed by atoms with Crippen molar-refractivity contribution in [3.63, 3.8) is 0 Å². The summed E-state index contributed by atoms with van der Waals surface area (Å²) in [6.45, 7) is 4.03. The summed E-state index contributed by atoms with van der Waals surface area (Å²) in [5, 5.41) is 9.31. The Kier molecular flexibility index (Phi) is 3.67. The van der Waals surface area contributed by atoms with Gasteiger partial charge in [-0.2, -0.15) is 0 Å². The lowest BCUT2D eigenvalue weighted by Gasteiger charge is -2.06. The Morgan fingerprint density at radius 3 is 2.77 bits per heavy atom. The number of aliphatic hydroxyl groups is 1. The molecular formula is C11H18O2. The molecule has 1 N–H and O–H groups in total. The molecule has 0 heterocycles. The van der Waals surface area contributed by atoms with Crippen LogP contribution in [0.5, 0.6) is 0 Å². The summed E-state index contributed by atoms with van der Waals surface area (Å²) in [6, 6.07) is 0. The Labute approximate surface area is 79.6 Å². The zero-order valence-electron chi connectivity index (χ0n) is 8.36. The monoisotopic (exact) mass is 182 g/mol. The van der Waals surface area contributed by atoms with Crippen LogP contribution < -0.4 is 0 Å². The summed E-state index contributed by atoms with van der Waals surface area (Å²) in [5.74, 6) is 0.267. The fourth-order valence-corrected chi connectivity index (χ4v) is 1.78. The van der Waals surface area contributed by atoms with Crippen LogP contribution in [0.3, 0.4) is 0 Å². The third-order valence-corrected chi connectivity index (χ3v) is 2.75. The Morgan fingerprint density at radius 1 is 1.62 bits per heavy atom. The summed E-state index contributed by atoms with van der Waals surface area (Å²) in [4.78, 5) is 11.3. The van der Waals surface area contributed by atoms with Gasteiger partial charge >= 0.3 is 0 Å². The molecule has 0 aromatic rings. The molecule has 1 aliphatic rings. The maximum absolute atomic E-state index is 11.3. The molecule has 0 aromatic heterocycles. The van der Waals surface area contributed by atoms with E-state index in [9.17, 15) is 9.90 Å². The number of unbranched alkanes of at least 4 members (excludes halogenated alkanes) is 1. The molecular weight excluding hydrogens is 164 g/mol. The van der Waals surface area contributed by atoms with Crippen molar-refractivity contribution in [1.82, 2.24) is 0 Å². The minimum atomic E-state index is -0.716. The van der Waals surface area contributed by atoms with Crippen LogP contribution in [-0.2, 0) is 4.79 Å². The predicted octanol–water partition coefficient (Wildman–Crippen LogP) is 1.93. The SMILES string of the molecule is CCCC=CC1CC(O)C(=O)C1C. The van der Waals surface area contributed by atoms with Crippen LogP contribution in [0.4, 0.5) is 0 Å². The first-order chi connectivity index (χ1) is 6.16. The lowest BCUT2D eigenvalue weighted by molar-refractivity contribution is -0.127. The standard InChI is InChI=1S/C11H18O2/c1-3-4-5-6-9-7-10(12)11(13)8(9)2/h5-6,8-10,12H,3-4,7H2,1-2H3. The van der Waals surface area contributed by atoms with Crippen molar-refractivity contribution in [1.29, 1.82) is 0 Å². The van der Waals surface area contributed by atoms with Crippen molar-refractivity contribution in [3.8, 4) is 0 Å². The van der Waals surface area contributed by atoms with Crippen LogP contribution in [-0.4, -0.2) is 17.0 Å². The molecule has 2 nitrogen and oxygen atoms in total. The smallest absolute Gasteiger partial charge is 0.164 e. The van der Waals surface area contributed by atoms with Crippen molar-refractivity contribution in [2.45, 2.75) is 39.2 Å². The number of ketones is 1. The van der Waals surface area contributed by atoms with E-state index >= 15 is 0 Å². The molecule has 0 radical (unpaired) electrons. The van der Waals surface area contributed by atoms with Crippen LogP contribution >= 0.6 is 0 Å². The number of hydrogen-bond donors (Lipinski definition) is 1. The molecule has 0 spiro atoms. The average molecular weight is 182 g/mol. The zero-order chi connectivity index (χ0) is 9.84. The van der Waals surface area contributed by atoms with E-state index in [1.54, 1.807) is 0 Å². The maximum Gasteiger partial charge on any atom is 0.164 e. The number of carbonyl (C=O) groups excluding carboxylic acids is 1. The van der Waals surface area contributed by atoms with Crippen LogP contribution in [0, 0.1) is 11.8 Å². The molecule has 0 amide bonds. The highest BCUT2D eigenvalue weighted by Crippen LogP contribution is 2.29. The minimum Gasteiger partial charge on any atom is -0.385 e. The third kappa shape index (κ3) is 2.41. The van der Waals surface area contributed by atoms with Crippen molar-refractivity contribution in [2.75, 3.05) is 0 Å². The normalized spacial score (nSPS) is 34.7. The van der Waals surface area contributed by atoms with Gasteiger partial charge in [0, 0.05) is 5.92 Å². The number of Topliss-reactive ketones (excluding diaryl/α,β-unsaturated/α-hetero) is 1. The molecule has 1 fully saturated rings. The van der Waals surface area contributed by atoms with Crippen LogP contribution in [0.25, 0.3) is 0 Å². The Bertz CT molecular complexity index is 208. The second-order valence-corrected chi connectivity index (χ2v) is 3.82. The van der Waals surface area contributed by atoms with Gasteiger partial charge < -0.3 is 5.11 Å². The Morgan fingerprint density at radius 2 is 2.31 bits per heavy atom. The summed E-state index contributed by atoms with van der Waals surface area (Å²) in [5.41, 5.74) is 0. The summed E-state index contributed by atoms with van der Waals surface area (Å²) >= 11 is 0. The molecule has 0 aromatic carbocycles. The van der Waals surface area contributed by atoms with Crippen molar-refractivity contribution < 1.29 is 9.90 Å². The maximum atomic E-state index is 11.3. The van der Waals surface area contributed by atoms with Gasteiger partial charge in [-0.3, -0.25) is 4.79 Å². The summed E-state index contributed by atoms with van der Waals surface area (Å²) in [7, 11) is 0. The summed E-state index contributed by atoms with van der Waals surface area (Å²) in [6.07, 6.45) is 6.29. The molecule has 1 saturated carbocycles. The number of carbonyl (C=O) groups is 1. The molecule has 3 atom stereocenters. The highest BCUT2D eigenvalue weighted by atomic mass is 16.3. The number of allylic oxidation sites excluding steroid dienone is 2. The van der Waals surface area contributed by atoms with Gasteiger partial charge in [0.1, 0.15) is 6.10 Å². The molecule has 13 heavy (non-hydrogen) atoms. The van der Waals surface area contributed by atoms with Gasteiger partial charge in [-0.05, 0) is 18.8 Å². The van der Waals surface area contributed by atoms with E-state index in [4.69, 9.17) is 0 Å². The molecule has 74 valence electrons. The van der Waals surface area contributed by atoms with E-state index in [0.29, 0.717) is 6.42 Å². The van der Waals surface area contributed by atoms with E-state index in [0.717, 1.165) is 12.8 Å². The van der Waals surface area contributed by atoms with E-state index in [-0.39, 0.29) is 17.6 Å². The Balaban J connectivity index is 2.48. The number of hydrogen-bond acceptors (Lipinski definition) is 2. The molecule has 0 bridgehead atoms. The van der Waals surface area contributed by atoms with Crippen LogP contribution in [0.1, 0.15) is 33.1 Å². The zero-order valence-corrected chi connectivity index (χ0v) is 8.36. The fraction of sp³-hybridized carbons (Fsp3) is 0.727. The second-order valence-electron chi connectivity index (χ2n) is 3.82. The number of aliphatic hydroxyl groups excluding tert-OH is 1. The largest absolute Gasteiger partial charge is 0.385 e. The average Bonchev–Trinajstić information content (AvgIpc) is 2.34. The van der Waals surface area contributed by atoms with E-state index in [2.05, 4.69) is 19.1 Å². The first kappa shape index (κ1) is 10.5. The van der Waals surface area contributed by atoms with Gasteiger partial charge in [-0.15, -0.1) is 0 Å². The highest BCUT2D eigenvalue weighted by molar-refractivity contribution is 5.87.